The number of carbonyl (C=O) groups excluding carboxylic acids is 3. The fraction of sp³-hybridized carbons (Fsp3) is 0.333. The van der Waals surface area contributed by atoms with Gasteiger partial charge in [-0.1, -0.05) is 18.2 Å². The quantitative estimate of drug-likeness (QED) is 0.845. The number of allylic oxidation sites excluding steroid dienone is 2. The van der Waals surface area contributed by atoms with Crippen molar-refractivity contribution in [1.29, 1.82) is 0 Å². The summed E-state index contributed by atoms with van der Waals surface area (Å²) in [6.45, 7) is 0.230. The van der Waals surface area contributed by atoms with Gasteiger partial charge in [-0.3, -0.25) is 19.3 Å². The third-order valence-electron chi connectivity index (χ3n) is 5.26. The van der Waals surface area contributed by atoms with Crippen LogP contribution in [0.5, 0.6) is 0 Å². The molecule has 0 atom stereocenters. The Kier molecular flexibility index (Phi) is 4.48. The number of fused-ring (bicyclic) bond motifs is 1. The molecular formula is C21H21N3O3. The van der Waals surface area contributed by atoms with Gasteiger partial charge < -0.3 is 5.73 Å². The van der Waals surface area contributed by atoms with E-state index in [2.05, 4.69) is 11.1 Å². The lowest BCUT2D eigenvalue weighted by atomic mass is 9.91. The topological polar surface area (TPSA) is 93.4 Å². The number of primary amides is 1. The van der Waals surface area contributed by atoms with Crippen molar-refractivity contribution in [2.24, 2.45) is 5.73 Å². The standard InChI is InChI=1S/C21H21N3O3/c22-21(27)18-11-16(14-4-2-1-3-5-14)15-7-6-13(10-17(15)23-18)12-24-19(25)8-9-20(24)26/h4,6-7,10-11H,1-3,5,8-9,12H2,(H2,22,27). The van der Waals surface area contributed by atoms with Crippen LogP contribution >= 0.6 is 0 Å². The van der Waals surface area contributed by atoms with Gasteiger partial charge in [0.1, 0.15) is 5.69 Å². The lowest BCUT2D eigenvalue weighted by molar-refractivity contribution is -0.139. The van der Waals surface area contributed by atoms with E-state index in [0.717, 1.165) is 35.8 Å². The molecule has 1 aromatic carbocycles. The van der Waals surface area contributed by atoms with Crippen LogP contribution in [0.2, 0.25) is 0 Å². The van der Waals surface area contributed by atoms with Crippen molar-refractivity contribution in [1.82, 2.24) is 9.88 Å². The van der Waals surface area contributed by atoms with Gasteiger partial charge in [-0.25, -0.2) is 4.98 Å². The molecule has 1 aliphatic carbocycles. The minimum atomic E-state index is -0.565. The summed E-state index contributed by atoms with van der Waals surface area (Å²) in [5.41, 5.74) is 9.40. The van der Waals surface area contributed by atoms with Gasteiger partial charge in [0.25, 0.3) is 5.91 Å². The maximum absolute atomic E-state index is 11.9. The molecule has 2 heterocycles. The minimum Gasteiger partial charge on any atom is -0.364 e. The molecule has 3 amide bonds. The van der Waals surface area contributed by atoms with Crippen LogP contribution in [-0.2, 0) is 16.1 Å². The van der Waals surface area contributed by atoms with E-state index in [4.69, 9.17) is 5.73 Å². The van der Waals surface area contributed by atoms with Gasteiger partial charge in [-0.2, -0.15) is 0 Å². The van der Waals surface area contributed by atoms with E-state index in [0.29, 0.717) is 5.52 Å². The molecule has 4 rings (SSSR count). The summed E-state index contributed by atoms with van der Waals surface area (Å²) in [4.78, 5) is 41.2. The van der Waals surface area contributed by atoms with Crippen molar-refractivity contribution < 1.29 is 14.4 Å². The van der Waals surface area contributed by atoms with Gasteiger partial charge in [-0.05, 0) is 54.5 Å². The van der Waals surface area contributed by atoms with Crippen molar-refractivity contribution in [2.75, 3.05) is 0 Å². The first-order valence-corrected chi connectivity index (χ1v) is 9.29. The van der Waals surface area contributed by atoms with E-state index in [-0.39, 0.29) is 36.9 Å². The Morgan fingerprint density at radius 1 is 1.07 bits per heavy atom. The van der Waals surface area contributed by atoms with E-state index < -0.39 is 5.91 Å². The number of hydrogen-bond donors (Lipinski definition) is 1. The lowest BCUT2D eigenvalue weighted by Gasteiger charge is -2.17. The molecule has 0 bridgehead atoms. The van der Waals surface area contributed by atoms with E-state index in [1.807, 2.05) is 18.2 Å². The highest BCUT2D eigenvalue weighted by Gasteiger charge is 2.28. The van der Waals surface area contributed by atoms with Gasteiger partial charge in [0.05, 0.1) is 12.1 Å². The highest BCUT2D eigenvalue weighted by molar-refractivity contribution is 6.02. The van der Waals surface area contributed by atoms with Gasteiger partial charge >= 0.3 is 0 Å². The number of pyridine rings is 1. The van der Waals surface area contributed by atoms with E-state index in [1.54, 1.807) is 6.07 Å². The zero-order valence-corrected chi connectivity index (χ0v) is 15.0. The van der Waals surface area contributed by atoms with Crippen LogP contribution in [0.1, 0.15) is 60.1 Å². The number of nitrogens with two attached hydrogens (primary N) is 1. The van der Waals surface area contributed by atoms with Crippen LogP contribution in [0.15, 0.2) is 30.3 Å². The number of imide groups is 1. The molecule has 27 heavy (non-hydrogen) atoms. The number of hydrogen-bond acceptors (Lipinski definition) is 4. The molecule has 6 heteroatoms. The number of benzene rings is 1. The van der Waals surface area contributed by atoms with E-state index in [1.165, 1.54) is 16.9 Å². The van der Waals surface area contributed by atoms with Gasteiger partial charge in [0.15, 0.2) is 0 Å². The van der Waals surface area contributed by atoms with Gasteiger partial charge in [0, 0.05) is 18.2 Å². The molecule has 2 aliphatic rings. The SMILES string of the molecule is NC(=O)c1cc(C2=CCCCC2)c2ccc(CN3C(=O)CCC3=O)cc2n1. The Morgan fingerprint density at radius 2 is 1.85 bits per heavy atom. The van der Waals surface area contributed by atoms with E-state index in [9.17, 15) is 14.4 Å². The molecule has 1 aromatic heterocycles. The first kappa shape index (κ1) is 17.4. The molecule has 2 N–H and O–H groups in total. The molecule has 6 nitrogen and oxygen atoms in total. The molecular weight excluding hydrogens is 342 g/mol. The summed E-state index contributed by atoms with van der Waals surface area (Å²) in [5.74, 6) is -0.858. The molecule has 0 radical (unpaired) electrons. The van der Waals surface area contributed by atoms with Crippen LogP contribution in [0.25, 0.3) is 16.5 Å². The summed E-state index contributed by atoms with van der Waals surface area (Å²) in [6.07, 6.45) is 7.07. The molecule has 1 saturated heterocycles. The average molecular weight is 363 g/mol. The second-order valence-electron chi connectivity index (χ2n) is 7.12. The van der Waals surface area contributed by atoms with Crippen LogP contribution in [-0.4, -0.2) is 27.6 Å². The second kappa shape index (κ2) is 6.95. The number of amides is 3. The average Bonchev–Trinajstić information content (AvgIpc) is 2.99. The monoisotopic (exact) mass is 363 g/mol. The van der Waals surface area contributed by atoms with Crippen molar-refractivity contribution in [3.63, 3.8) is 0 Å². The smallest absolute Gasteiger partial charge is 0.267 e. The summed E-state index contributed by atoms with van der Waals surface area (Å²) in [7, 11) is 0. The Labute approximate surface area is 157 Å². The maximum atomic E-state index is 11.9. The third-order valence-corrected chi connectivity index (χ3v) is 5.26. The summed E-state index contributed by atoms with van der Waals surface area (Å²) >= 11 is 0. The summed E-state index contributed by atoms with van der Waals surface area (Å²) < 4.78 is 0. The van der Waals surface area contributed by atoms with Crippen LogP contribution < -0.4 is 5.73 Å². The molecule has 0 spiro atoms. The Morgan fingerprint density at radius 3 is 2.52 bits per heavy atom. The molecule has 1 fully saturated rings. The first-order valence-electron chi connectivity index (χ1n) is 9.29. The fourth-order valence-electron chi connectivity index (χ4n) is 3.83. The maximum Gasteiger partial charge on any atom is 0.267 e. The largest absolute Gasteiger partial charge is 0.364 e. The zero-order chi connectivity index (χ0) is 19.0. The highest BCUT2D eigenvalue weighted by atomic mass is 16.2. The van der Waals surface area contributed by atoms with Gasteiger partial charge in [-0.15, -0.1) is 0 Å². The number of likely N-dealkylation sites (tertiary alicyclic amines) is 1. The van der Waals surface area contributed by atoms with Crippen molar-refractivity contribution >= 4 is 34.2 Å². The minimum absolute atomic E-state index is 0.146. The number of aromatic nitrogens is 1. The number of rotatable bonds is 4. The van der Waals surface area contributed by atoms with Gasteiger partial charge in [0.2, 0.25) is 11.8 Å². The third kappa shape index (κ3) is 3.35. The summed E-state index contributed by atoms with van der Waals surface area (Å²) in [6, 6.07) is 7.49. The normalized spacial score (nSPS) is 17.5. The zero-order valence-electron chi connectivity index (χ0n) is 15.0. The predicted molar refractivity (Wildman–Crippen MR) is 101 cm³/mol. The van der Waals surface area contributed by atoms with Crippen molar-refractivity contribution in [3.05, 3.63) is 47.2 Å². The molecule has 138 valence electrons. The van der Waals surface area contributed by atoms with Crippen LogP contribution in [0.3, 0.4) is 0 Å². The Balaban J connectivity index is 1.78. The highest BCUT2D eigenvalue weighted by Crippen LogP contribution is 2.32. The molecule has 2 aromatic rings. The van der Waals surface area contributed by atoms with Crippen molar-refractivity contribution in [2.45, 2.75) is 45.1 Å². The van der Waals surface area contributed by atoms with Crippen LogP contribution in [0.4, 0.5) is 0 Å². The van der Waals surface area contributed by atoms with Crippen LogP contribution in [0, 0.1) is 0 Å². The van der Waals surface area contributed by atoms with E-state index >= 15 is 0 Å². The fourth-order valence-corrected chi connectivity index (χ4v) is 3.83. The summed E-state index contributed by atoms with van der Waals surface area (Å²) in [5, 5.41) is 0.955. The number of nitrogens with zero attached hydrogens (tertiary/aromatic N) is 2. The molecule has 1 aliphatic heterocycles. The predicted octanol–water partition coefficient (Wildman–Crippen LogP) is 2.94. The number of carbonyl (C=O) groups is 3. The Bertz CT molecular complexity index is 978. The lowest BCUT2D eigenvalue weighted by Crippen LogP contribution is -2.28. The molecule has 0 unspecified atom stereocenters. The first-order chi connectivity index (χ1) is 13.0. The molecule has 0 saturated carbocycles. The second-order valence-corrected chi connectivity index (χ2v) is 7.12. The van der Waals surface area contributed by atoms with Crippen molar-refractivity contribution in [3.8, 4) is 0 Å². The Hall–Kier alpha value is -3.02.